The molecule has 39 heavy (non-hydrogen) atoms. The van der Waals surface area contributed by atoms with Gasteiger partial charge in [0.1, 0.15) is 18.2 Å². The predicted molar refractivity (Wildman–Crippen MR) is 151 cm³/mol. The van der Waals surface area contributed by atoms with E-state index in [4.69, 9.17) is 9.84 Å². The van der Waals surface area contributed by atoms with Gasteiger partial charge in [0.2, 0.25) is 0 Å². The van der Waals surface area contributed by atoms with Gasteiger partial charge in [-0.05, 0) is 65.7 Å². The number of sulfone groups is 1. The number of carbonyl (C=O) groups excluding carboxylic acids is 2. The molecule has 228 valence electrons. The predicted octanol–water partition coefficient (Wildman–Crippen LogP) is 4.15. The second-order valence-corrected chi connectivity index (χ2v) is 13.8. The van der Waals surface area contributed by atoms with E-state index in [1.54, 1.807) is 20.8 Å². The van der Waals surface area contributed by atoms with Gasteiger partial charge >= 0.3 is 18.2 Å². The molecule has 0 spiro atoms. The van der Waals surface area contributed by atoms with Crippen LogP contribution in [-0.4, -0.2) is 80.6 Å². The monoisotopic (exact) mass is 577 g/mol. The number of rotatable bonds is 12. The molecule has 2 aliphatic rings. The van der Waals surface area contributed by atoms with Gasteiger partial charge in [0.05, 0.1) is 5.75 Å². The molecule has 0 aliphatic heterocycles. The van der Waals surface area contributed by atoms with Crippen molar-refractivity contribution in [2.45, 2.75) is 128 Å². The Balaban J connectivity index is 0.000000480. The van der Waals surface area contributed by atoms with Crippen molar-refractivity contribution in [3.63, 3.8) is 0 Å². The molecule has 0 radical (unpaired) electrons. The van der Waals surface area contributed by atoms with Gasteiger partial charge in [-0.15, -0.1) is 0 Å². The molecule has 2 rings (SSSR count). The van der Waals surface area contributed by atoms with Crippen LogP contribution >= 0.6 is 0 Å². The Morgan fingerprint density at radius 2 is 1.44 bits per heavy atom. The lowest BCUT2D eigenvalue weighted by Gasteiger charge is -2.30. The summed E-state index contributed by atoms with van der Waals surface area (Å²) >= 11 is 0. The van der Waals surface area contributed by atoms with E-state index in [1.807, 2.05) is 0 Å². The largest absolute Gasteiger partial charge is 0.480 e. The molecule has 2 aliphatic carbocycles. The summed E-state index contributed by atoms with van der Waals surface area (Å²) in [6.07, 6.45) is 15.1. The Morgan fingerprint density at radius 3 is 1.90 bits per heavy atom. The maximum absolute atomic E-state index is 11.6. The molecule has 2 saturated carbocycles. The maximum atomic E-state index is 11.6. The van der Waals surface area contributed by atoms with E-state index in [-0.39, 0.29) is 25.3 Å². The molecule has 0 unspecified atom stereocenters. The third-order valence-corrected chi connectivity index (χ3v) is 7.46. The van der Waals surface area contributed by atoms with Crippen LogP contribution in [0.25, 0.3) is 0 Å². The minimum absolute atomic E-state index is 0.166. The number of alkyl carbamates (subject to hydrolysis) is 2. The van der Waals surface area contributed by atoms with Crippen molar-refractivity contribution in [3.05, 3.63) is 0 Å². The van der Waals surface area contributed by atoms with Crippen molar-refractivity contribution in [1.82, 2.24) is 16.0 Å². The van der Waals surface area contributed by atoms with Gasteiger partial charge in [-0.3, -0.25) is 0 Å². The fraction of sp³-hybridized carbons (Fsp3) is 0.889. The molecule has 0 bridgehead atoms. The number of hydrogen-bond acceptors (Lipinski definition) is 8. The minimum atomic E-state index is -3.19. The summed E-state index contributed by atoms with van der Waals surface area (Å²) in [6.45, 7) is 5.01. The standard InChI is InChI=1S/C15H28N2O8S.C12H23N/c1-15(2,3)25-14(21)17-11(12(18)19)7-5-6-8-16-13(20)24-9-10-26(4,22)23;1-3-7-11(8-4-1)13-12-9-5-2-6-10-12/h11H,5-10H2,1-4H3,(H,16,20)(H,17,21)(H,18,19);11-13H,1-10H2/t11-;/m0./s1. The van der Waals surface area contributed by atoms with Crippen LogP contribution in [0.2, 0.25) is 0 Å². The van der Waals surface area contributed by atoms with Crippen LogP contribution in [0.15, 0.2) is 0 Å². The van der Waals surface area contributed by atoms with Crippen molar-refractivity contribution in [2.75, 3.05) is 25.2 Å². The summed E-state index contributed by atoms with van der Waals surface area (Å²) in [7, 11) is -3.19. The van der Waals surface area contributed by atoms with Crippen LogP contribution in [0.5, 0.6) is 0 Å². The number of carboxylic acid groups (broad SMARTS) is 1. The van der Waals surface area contributed by atoms with Gasteiger partial charge in [0, 0.05) is 24.9 Å². The Hall–Kier alpha value is -2.08. The van der Waals surface area contributed by atoms with E-state index in [2.05, 4.69) is 20.7 Å². The van der Waals surface area contributed by atoms with E-state index in [1.165, 1.54) is 64.2 Å². The molecule has 1 atom stereocenters. The second kappa shape index (κ2) is 18.3. The van der Waals surface area contributed by atoms with E-state index in [0.29, 0.717) is 12.8 Å². The molecule has 0 aromatic rings. The van der Waals surface area contributed by atoms with Crippen LogP contribution in [0.3, 0.4) is 0 Å². The second-order valence-electron chi connectivity index (χ2n) is 11.6. The molecule has 0 saturated heterocycles. The van der Waals surface area contributed by atoms with Gasteiger partial charge < -0.3 is 30.5 Å². The molecule has 0 aromatic heterocycles. The van der Waals surface area contributed by atoms with Crippen LogP contribution in [0.1, 0.15) is 104 Å². The highest BCUT2D eigenvalue weighted by molar-refractivity contribution is 7.90. The lowest BCUT2D eigenvalue weighted by atomic mass is 9.91. The molecular formula is C27H51N3O8S. The topological polar surface area (TPSA) is 160 Å². The SMILES string of the molecule is C1CCC(NC2CCCCC2)CC1.CC(C)(C)OC(=O)N[C@@H](CCCCNC(=O)OCCS(C)(=O)=O)C(=O)O. The first kappa shape index (κ1) is 34.9. The summed E-state index contributed by atoms with van der Waals surface area (Å²) in [6, 6.07) is 0.653. The van der Waals surface area contributed by atoms with Crippen molar-refractivity contribution in [1.29, 1.82) is 0 Å². The third kappa shape index (κ3) is 19.6. The van der Waals surface area contributed by atoms with Crippen molar-refractivity contribution in [2.24, 2.45) is 0 Å². The molecule has 4 N–H and O–H groups in total. The minimum Gasteiger partial charge on any atom is -0.480 e. The van der Waals surface area contributed by atoms with E-state index in [9.17, 15) is 22.8 Å². The number of carbonyl (C=O) groups is 3. The zero-order valence-corrected chi connectivity index (χ0v) is 25.1. The van der Waals surface area contributed by atoms with E-state index >= 15 is 0 Å². The van der Waals surface area contributed by atoms with Crippen LogP contribution in [0.4, 0.5) is 9.59 Å². The third-order valence-electron chi connectivity index (χ3n) is 6.55. The Morgan fingerprint density at radius 1 is 0.897 bits per heavy atom. The molecule has 0 heterocycles. The quantitative estimate of drug-likeness (QED) is 0.250. The molecule has 12 heteroatoms. The molecule has 0 aromatic carbocycles. The Kier molecular flexibility index (Phi) is 16.4. The highest BCUT2D eigenvalue weighted by Gasteiger charge is 2.23. The number of unbranched alkanes of at least 4 members (excludes halogenated alkanes) is 1. The van der Waals surface area contributed by atoms with Gasteiger partial charge in [0.25, 0.3) is 0 Å². The first-order valence-electron chi connectivity index (χ1n) is 14.3. The van der Waals surface area contributed by atoms with E-state index in [0.717, 1.165) is 18.3 Å². The molecule has 11 nitrogen and oxygen atoms in total. The van der Waals surface area contributed by atoms with Crippen molar-refractivity contribution < 1.29 is 37.4 Å². The lowest BCUT2D eigenvalue weighted by Crippen LogP contribution is -2.43. The molecule has 2 amide bonds. The molecule has 2 fully saturated rings. The summed E-state index contributed by atoms with van der Waals surface area (Å²) in [5, 5.41) is 17.7. The number of aliphatic carboxylic acids is 1. The van der Waals surface area contributed by atoms with Gasteiger partial charge in [-0.2, -0.15) is 0 Å². The van der Waals surface area contributed by atoms with Gasteiger partial charge in [-0.25, -0.2) is 22.8 Å². The zero-order chi connectivity index (χ0) is 29.3. The fourth-order valence-electron chi connectivity index (χ4n) is 4.58. The number of carboxylic acids is 1. The van der Waals surface area contributed by atoms with Crippen LogP contribution < -0.4 is 16.0 Å². The Bertz CT molecular complexity index is 816. The number of nitrogens with one attached hydrogen (secondary N) is 3. The maximum Gasteiger partial charge on any atom is 0.408 e. The van der Waals surface area contributed by atoms with Gasteiger partial charge in [-0.1, -0.05) is 38.5 Å². The number of ether oxygens (including phenoxy) is 2. The number of amides is 2. The van der Waals surface area contributed by atoms with Crippen molar-refractivity contribution >= 4 is 28.0 Å². The summed E-state index contributed by atoms with van der Waals surface area (Å²) in [4.78, 5) is 34.1. The fourth-order valence-corrected chi connectivity index (χ4v) is 4.97. The van der Waals surface area contributed by atoms with E-state index < -0.39 is 39.6 Å². The summed E-state index contributed by atoms with van der Waals surface area (Å²) < 4.78 is 31.5. The average molecular weight is 578 g/mol. The molecular weight excluding hydrogens is 526 g/mol. The number of hydrogen-bond donors (Lipinski definition) is 4. The highest BCUT2D eigenvalue weighted by Crippen LogP contribution is 2.22. The van der Waals surface area contributed by atoms with Gasteiger partial charge in [0.15, 0.2) is 9.84 Å². The van der Waals surface area contributed by atoms with Crippen LogP contribution in [0, 0.1) is 0 Å². The first-order chi connectivity index (χ1) is 18.2. The normalized spacial score (nSPS) is 17.7. The summed E-state index contributed by atoms with van der Waals surface area (Å²) in [5.41, 5.74) is -0.728. The smallest absolute Gasteiger partial charge is 0.408 e. The zero-order valence-electron chi connectivity index (χ0n) is 24.3. The average Bonchev–Trinajstić information content (AvgIpc) is 2.83. The van der Waals surface area contributed by atoms with Crippen LogP contribution in [-0.2, 0) is 24.1 Å². The summed E-state index contributed by atoms with van der Waals surface area (Å²) in [5.74, 6) is -1.43. The first-order valence-corrected chi connectivity index (χ1v) is 16.4. The highest BCUT2D eigenvalue weighted by atomic mass is 32.2. The Labute approximate surface area is 234 Å². The lowest BCUT2D eigenvalue weighted by molar-refractivity contribution is -0.139. The van der Waals surface area contributed by atoms with Crippen molar-refractivity contribution in [3.8, 4) is 0 Å².